The fourth-order valence-electron chi connectivity index (χ4n) is 5.09. The Morgan fingerprint density at radius 1 is 1.24 bits per heavy atom. The zero-order chi connectivity index (χ0) is 24.2. The van der Waals surface area contributed by atoms with E-state index in [0.717, 1.165) is 20.9 Å². The standard InChI is InChI=1S/C24H24BrFN6O2/c1-2-24(6-5-12-3-4-13-8-15(25)22(27)31-17(13)7-12)10-14(20(33)21(24)34)18-9-16(26)19-23(28)29-11-30-32(18)19/h2-4,7-9,11,14,20-21,33-34H,1,5-6,10H2,(H2,27,31)(H2,28,29,30)/t14-,20-,21-,24-/m0/s1. The van der Waals surface area contributed by atoms with E-state index in [-0.39, 0.29) is 11.3 Å². The number of benzene rings is 1. The highest BCUT2D eigenvalue weighted by molar-refractivity contribution is 9.10. The summed E-state index contributed by atoms with van der Waals surface area (Å²) in [6.45, 7) is 3.96. The van der Waals surface area contributed by atoms with Gasteiger partial charge in [0.15, 0.2) is 11.6 Å². The van der Waals surface area contributed by atoms with Gasteiger partial charge in [-0.15, -0.1) is 6.58 Å². The molecular weight excluding hydrogens is 503 g/mol. The lowest BCUT2D eigenvalue weighted by molar-refractivity contribution is -0.00969. The van der Waals surface area contributed by atoms with E-state index in [2.05, 4.69) is 37.6 Å². The van der Waals surface area contributed by atoms with Gasteiger partial charge < -0.3 is 21.7 Å². The van der Waals surface area contributed by atoms with Crippen LogP contribution in [0.3, 0.4) is 0 Å². The summed E-state index contributed by atoms with van der Waals surface area (Å²) in [7, 11) is 0. The van der Waals surface area contributed by atoms with E-state index in [9.17, 15) is 14.6 Å². The molecule has 3 heterocycles. The first-order valence-electron chi connectivity index (χ1n) is 10.9. The molecule has 0 amide bonds. The number of aryl methyl sites for hydroxylation is 1. The van der Waals surface area contributed by atoms with Crippen LogP contribution >= 0.6 is 15.9 Å². The lowest BCUT2D eigenvalue weighted by atomic mass is 9.78. The second-order valence-electron chi connectivity index (χ2n) is 8.89. The number of nitrogens with zero attached hydrogens (tertiary/aromatic N) is 4. The average molecular weight is 527 g/mol. The molecule has 0 saturated heterocycles. The van der Waals surface area contributed by atoms with Gasteiger partial charge >= 0.3 is 0 Å². The van der Waals surface area contributed by atoms with Gasteiger partial charge in [0.2, 0.25) is 0 Å². The molecular formula is C24H24BrFN6O2. The van der Waals surface area contributed by atoms with Gasteiger partial charge in [0, 0.05) is 16.7 Å². The third kappa shape index (κ3) is 3.53. The number of fused-ring (bicyclic) bond motifs is 2. The summed E-state index contributed by atoms with van der Waals surface area (Å²) in [5.41, 5.74) is 13.3. The van der Waals surface area contributed by atoms with Crippen LogP contribution < -0.4 is 11.5 Å². The Balaban J connectivity index is 1.44. The van der Waals surface area contributed by atoms with Gasteiger partial charge in [0.1, 0.15) is 17.7 Å². The van der Waals surface area contributed by atoms with Gasteiger partial charge in [-0.3, -0.25) is 0 Å². The number of anilines is 2. The second-order valence-corrected chi connectivity index (χ2v) is 9.74. The maximum absolute atomic E-state index is 14.6. The molecule has 0 spiro atoms. The molecule has 1 aliphatic rings. The monoisotopic (exact) mass is 526 g/mol. The molecule has 4 atom stereocenters. The van der Waals surface area contributed by atoms with E-state index >= 15 is 0 Å². The topological polar surface area (TPSA) is 136 Å². The van der Waals surface area contributed by atoms with Crippen molar-refractivity contribution in [2.24, 2.45) is 5.41 Å². The van der Waals surface area contributed by atoms with Crippen molar-refractivity contribution in [1.82, 2.24) is 19.6 Å². The summed E-state index contributed by atoms with van der Waals surface area (Å²) >= 11 is 3.39. The molecule has 6 N–H and O–H groups in total. The predicted octanol–water partition coefficient (Wildman–Crippen LogP) is 3.36. The first-order chi connectivity index (χ1) is 16.2. The van der Waals surface area contributed by atoms with Crippen LogP contribution in [-0.2, 0) is 6.42 Å². The average Bonchev–Trinajstić information content (AvgIpc) is 3.28. The number of aliphatic hydroxyl groups is 2. The van der Waals surface area contributed by atoms with Gasteiger partial charge in [-0.25, -0.2) is 18.9 Å². The smallest absolute Gasteiger partial charge is 0.154 e. The summed E-state index contributed by atoms with van der Waals surface area (Å²) in [5.74, 6) is -0.699. The maximum atomic E-state index is 14.6. The third-order valence-corrected chi connectivity index (χ3v) is 7.65. The molecule has 1 fully saturated rings. The van der Waals surface area contributed by atoms with Crippen molar-refractivity contribution in [2.75, 3.05) is 11.5 Å². The highest BCUT2D eigenvalue weighted by Gasteiger charge is 2.51. The molecule has 0 bridgehead atoms. The number of aromatic nitrogens is 4. The van der Waals surface area contributed by atoms with Gasteiger partial charge in [-0.05, 0) is 59.0 Å². The molecule has 4 aromatic rings. The molecule has 1 saturated carbocycles. The molecule has 8 nitrogen and oxygen atoms in total. The summed E-state index contributed by atoms with van der Waals surface area (Å²) in [5, 5.41) is 27.1. The van der Waals surface area contributed by atoms with Crippen molar-refractivity contribution in [3.8, 4) is 0 Å². The summed E-state index contributed by atoms with van der Waals surface area (Å²) < 4.78 is 16.7. The number of hydrogen-bond acceptors (Lipinski definition) is 7. The van der Waals surface area contributed by atoms with Crippen molar-refractivity contribution in [3.05, 3.63) is 70.9 Å². The lowest BCUT2D eigenvalue weighted by Gasteiger charge is -2.30. The minimum atomic E-state index is -1.12. The fourth-order valence-corrected chi connectivity index (χ4v) is 5.43. The van der Waals surface area contributed by atoms with E-state index in [4.69, 9.17) is 11.5 Å². The van der Waals surface area contributed by atoms with Crippen molar-refractivity contribution in [2.45, 2.75) is 37.4 Å². The summed E-state index contributed by atoms with van der Waals surface area (Å²) in [4.78, 5) is 8.27. The van der Waals surface area contributed by atoms with Crippen molar-refractivity contribution in [1.29, 1.82) is 0 Å². The first-order valence-corrected chi connectivity index (χ1v) is 11.7. The predicted molar refractivity (Wildman–Crippen MR) is 132 cm³/mol. The van der Waals surface area contributed by atoms with Crippen LogP contribution in [0, 0.1) is 11.2 Å². The Morgan fingerprint density at radius 3 is 2.79 bits per heavy atom. The highest BCUT2D eigenvalue weighted by Crippen LogP contribution is 2.50. The third-order valence-electron chi connectivity index (χ3n) is 7.02. The highest BCUT2D eigenvalue weighted by atomic mass is 79.9. The first kappa shape index (κ1) is 22.7. The number of nitrogens with two attached hydrogens (primary N) is 2. The maximum Gasteiger partial charge on any atom is 0.154 e. The van der Waals surface area contributed by atoms with Crippen LogP contribution in [0.2, 0.25) is 0 Å². The Labute approximate surface area is 203 Å². The Kier molecular flexibility index (Phi) is 5.54. The van der Waals surface area contributed by atoms with Gasteiger partial charge in [-0.1, -0.05) is 18.2 Å². The number of nitrogen functional groups attached to an aromatic ring is 2. The Hall–Kier alpha value is -3.08. The minimum absolute atomic E-state index is 0.0133. The van der Waals surface area contributed by atoms with Crippen LogP contribution in [0.15, 0.2) is 53.8 Å². The normalized spacial score (nSPS) is 24.8. The lowest BCUT2D eigenvalue weighted by Crippen LogP contribution is -2.35. The number of hydrogen-bond donors (Lipinski definition) is 4. The molecule has 10 heteroatoms. The molecule has 5 rings (SSSR count). The number of pyridine rings is 1. The van der Waals surface area contributed by atoms with E-state index < -0.39 is 29.4 Å². The van der Waals surface area contributed by atoms with Crippen LogP contribution in [-0.4, -0.2) is 42.0 Å². The molecule has 0 radical (unpaired) electrons. The van der Waals surface area contributed by atoms with E-state index in [1.54, 1.807) is 6.08 Å². The zero-order valence-corrected chi connectivity index (χ0v) is 19.8. The fraction of sp³-hybridized carbons (Fsp3) is 0.292. The molecule has 1 aromatic carbocycles. The molecule has 3 aromatic heterocycles. The van der Waals surface area contributed by atoms with Crippen molar-refractivity contribution in [3.63, 3.8) is 0 Å². The largest absolute Gasteiger partial charge is 0.390 e. The second kappa shape index (κ2) is 8.30. The van der Waals surface area contributed by atoms with Gasteiger partial charge in [-0.2, -0.15) is 5.10 Å². The van der Waals surface area contributed by atoms with Crippen LogP contribution in [0.5, 0.6) is 0 Å². The molecule has 0 aliphatic heterocycles. The number of halogens is 2. The zero-order valence-electron chi connectivity index (χ0n) is 18.2. The number of aliphatic hydroxyl groups excluding tert-OH is 2. The van der Waals surface area contributed by atoms with E-state index in [0.29, 0.717) is 30.8 Å². The van der Waals surface area contributed by atoms with Crippen LogP contribution in [0.25, 0.3) is 16.4 Å². The van der Waals surface area contributed by atoms with Crippen molar-refractivity contribution < 1.29 is 14.6 Å². The number of rotatable bonds is 5. The quantitative estimate of drug-likeness (QED) is 0.292. The molecule has 34 heavy (non-hydrogen) atoms. The van der Waals surface area contributed by atoms with Crippen molar-refractivity contribution >= 4 is 44.0 Å². The van der Waals surface area contributed by atoms with E-state index in [1.807, 2.05) is 24.3 Å². The van der Waals surface area contributed by atoms with Gasteiger partial charge in [0.05, 0.1) is 27.9 Å². The molecule has 0 unspecified atom stereocenters. The SMILES string of the molecule is C=C[C@]1(CCc2ccc3cc(Br)c(N)nc3c2)C[C@@H](c2cc(F)c3c(N)ncnn23)[C@H](O)[C@@H]1O. The minimum Gasteiger partial charge on any atom is -0.390 e. The Bertz CT molecular complexity index is 1430. The summed E-state index contributed by atoms with van der Waals surface area (Å²) in [6.07, 6.45) is 2.27. The molecule has 1 aliphatic carbocycles. The van der Waals surface area contributed by atoms with E-state index in [1.165, 1.54) is 16.9 Å². The Morgan fingerprint density at radius 2 is 2.03 bits per heavy atom. The van der Waals surface area contributed by atoms with Gasteiger partial charge in [0.25, 0.3) is 0 Å². The van der Waals surface area contributed by atoms with Crippen LogP contribution in [0.1, 0.15) is 30.0 Å². The summed E-state index contributed by atoms with van der Waals surface area (Å²) in [6, 6.07) is 9.18. The molecule has 176 valence electrons. The van der Waals surface area contributed by atoms with Crippen LogP contribution in [0.4, 0.5) is 16.0 Å².